The second kappa shape index (κ2) is 36.7. The fourth-order valence-electron chi connectivity index (χ4n) is 37.7. The van der Waals surface area contributed by atoms with Crippen molar-refractivity contribution in [3.8, 4) is 0 Å². The van der Waals surface area contributed by atoms with Crippen LogP contribution in [0.4, 0.5) is 0 Å². The molecule has 11 nitrogen and oxygen atoms in total. The zero-order valence-electron chi connectivity index (χ0n) is 95.6. The lowest BCUT2D eigenvalue weighted by atomic mass is 9.32. The largest absolute Gasteiger partial charge is 0.465 e. The summed E-state index contributed by atoms with van der Waals surface area (Å²) >= 11 is 0. The maximum absolute atomic E-state index is 12.1. The third-order valence-electron chi connectivity index (χ3n) is 50.4. The van der Waals surface area contributed by atoms with E-state index in [0.717, 1.165) is 64.1 Å². The highest BCUT2D eigenvalue weighted by Crippen LogP contribution is 2.83. The minimum atomic E-state index is -1.99. The summed E-state index contributed by atoms with van der Waals surface area (Å²) in [5.74, 6) is 8.68. The van der Waals surface area contributed by atoms with Crippen LogP contribution in [0.3, 0.4) is 0 Å². The molecule has 0 radical (unpaired) electrons. The van der Waals surface area contributed by atoms with Gasteiger partial charge in [-0.1, -0.05) is 210 Å². The molecule has 33 atom stereocenters. The van der Waals surface area contributed by atoms with E-state index in [0.29, 0.717) is 114 Å². The molecule has 0 bridgehead atoms. The molecule has 0 amide bonds. The number of carbonyl (C=O) groups excluding carboxylic acids is 2. The molecule has 15 aliphatic carbocycles. The molecule has 12 unspecified atom stereocenters. The first-order valence-electron chi connectivity index (χ1n) is 56.4. The van der Waals surface area contributed by atoms with E-state index in [1.54, 1.807) is 13.8 Å². The minimum absolute atomic E-state index is 0.00618. The van der Waals surface area contributed by atoms with Crippen LogP contribution in [0.15, 0.2) is 36.5 Å². The van der Waals surface area contributed by atoms with E-state index < -0.39 is 44.8 Å². The Morgan fingerprint density at radius 3 is 0.881 bits per heavy atom. The van der Waals surface area contributed by atoms with Gasteiger partial charge in [-0.05, 0) is 429 Å². The fourth-order valence-corrected chi connectivity index (χ4v) is 42.8. The number of aliphatic hydroxyl groups is 3. The van der Waals surface area contributed by atoms with E-state index in [2.05, 4.69) is 259 Å². The first-order chi connectivity index (χ1) is 61.7. The van der Waals surface area contributed by atoms with Crippen molar-refractivity contribution in [2.24, 2.45) is 170 Å². The standard InChI is InChI=1S/C44H80O4Si2.C42H78O3Si2.C32H52O4.CH4/c1-30(2)32-20-25-44(29-46-31(3)45)27-26-42(12)33(37(32)44)18-19-35-40(10)23-22-36(48-50(16,17)39(7,8)9)41(11,34(40)21-24-43(35,42)13)28-47-49(14,15)38(4,5)6;1-29(2)30-19-24-42(27-43)26-25-40(11)31(35(30)42)17-18-33-38(9)22-21-34(45-47(15,16)37(6,7)8)39(10,32(38)20-23-41(33,40)12)28-44-46(13,14)36(3,4)5;1-20(2)22-10-15-32(19-36-21(3)34)17-16-30(6)23(27(22)32)8-9-25-28(4)13-12-26(35)29(5,18-33)24(28)11-14-31(25,30)7;/h32-37H,1,18-29H2,2-17H3;30-35,43H,1,17-28H2,2-16H3;22-27,33,35H,1,8-19H2,2-7H3;1H4/t32-,33?,34?,35?,36-,37?,40-,41-,42+,43+,44+;30-,31?,32?,33?,34-,35?,38-,39-,40+,41+,42+;22-,23?,24?,25?,26-,27?,28-,29-,30+,31+,32+;/m000./s1/i;;;1D. The van der Waals surface area contributed by atoms with Gasteiger partial charge in [0.2, 0.25) is 0 Å². The SMILES string of the molecule is C=C(C)[C@@H]1CC[C@]2(CO)CC[C@]3(C)C(CCC4[C@@]5(C)CC[C@H](O[Si](C)(C)C(C)(C)C)[C@@](C)(CO[Si](C)(C)C(C)(C)C)C5CC[C@]43C)C12.C=C(C)[C@@H]1CC[C@]2(COC(C)=O)CC[C@]3(C)C(CCC4[C@@]5(C)CC[C@H](O)[C@@](C)(CO)C5CC[C@]43C)C12.C=C(C)[C@@H]1CC[C@]2(COC(C)=O)CC[C@]3(C)C(CCC4[C@@]5(C)CC[C@H](O[Si](C)(C)C(C)(C)C)[C@@](C)(CO[Si](C)(C)C(C)(C)C)C5CC[C@]43C)C12.[2H]C. The van der Waals surface area contributed by atoms with Crippen LogP contribution in [-0.2, 0) is 36.8 Å². The molecule has 0 saturated heterocycles. The van der Waals surface area contributed by atoms with Crippen LogP contribution in [-0.4, -0.2) is 118 Å². The Labute approximate surface area is 830 Å². The Kier molecular flexibility index (Phi) is 30.1. The first kappa shape index (κ1) is 110. The quantitative estimate of drug-likeness (QED) is 0.0644. The summed E-state index contributed by atoms with van der Waals surface area (Å²) in [6, 6.07) is 0. The Hall–Kier alpha value is -1.25. The molecule has 3 N–H and O–H groups in total. The number of esters is 2. The van der Waals surface area contributed by atoms with Gasteiger partial charge in [0.25, 0.3) is 0 Å². The number of ether oxygens (including phenoxy) is 2. The van der Waals surface area contributed by atoms with Gasteiger partial charge in [-0.3, -0.25) is 9.59 Å². The molecule has 0 aromatic carbocycles. The summed E-state index contributed by atoms with van der Waals surface area (Å²) in [7, 11) is -6.61. The molecule has 0 aromatic heterocycles. The molecular formula is C119H214O11Si4. The van der Waals surface area contributed by atoms with Crippen molar-refractivity contribution in [3.05, 3.63) is 36.5 Å². The fraction of sp³-hybridized carbons (Fsp3) is 0.933. The molecule has 15 rings (SSSR count). The lowest BCUT2D eigenvalue weighted by Crippen LogP contribution is -2.68. The first-order valence-corrected chi connectivity index (χ1v) is 67.1. The van der Waals surface area contributed by atoms with Gasteiger partial charge in [-0.2, -0.15) is 0 Å². The summed E-state index contributed by atoms with van der Waals surface area (Å²) < 4.78 is 47.1. The number of hydrogen-bond donors (Lipinski definition) is 3. The molecule has 134 heavy (non-hydrogen) atoms. The average Bonchev–Trinajstić information content (AvgIpc) is 1.68. The Bertz CT molecular complexity index is 4260. The highest BCUT2D eigenvalue weighted by molar-refractivity contribution is 6.75. The van der Waals surface area contributed by atoms with Crippen LogP contribution >= 0.6 is 0 Å². The van der Waals surface area contributed by atoms with Gasteiger partial charge in [0, 0.05) is 62.1 Å². The van der Waals surface area contributed by atoms with E-state index in [9.17, 15) is 24.9 Å². The molecule has 0 aromatic rings. The molecule has 0 spiro atoms. The van der Waals surface area contributed by atoms with Crippen molar-refractivity contribution >= 4 is 45.2 Å². The van der Waals surface area contributed by atoms with E-state index in [4.69, 9.17) is 28.5 Å². The van der Waals surface area contributed by atoms with Crippen molar-refractivity contribution in [1.82, 2.24) is 0 Å². The van der Waals surface area contributed by atoms with Crippen molar-refractivity contribution in [2.75, 3.05) is 39.6 Å². The smallest absolute Gasteiger partial charge is 0.302 e. The number of carbonyl (C=O) groups is 2. The van der Waals surface area contributed by atoms with Gasteiger partial charge < -0.3 is 42.5 Å². The average molecular weight is 1930 g/mol. The van der Waals surface area contributed by atoms with Crippen LogP contribution in [0.5, 0.6) is 0 Å². The van der Waals surface area contributed by atoms with Gasteiger partial charge in [0.05, 0.1) is 38.1 Å². The highest BCUT2D eigenvalue weighted by atomic mass is 28.4. The van der Waals surface area contributed by atoms with Gasteiger partial charge in [-0.15, -0.1) is 0 Å². The zero-order chi connectivity index (χ0) is 101. The summed E-state index contributed by atoms with van der Waals surface area (Å²) in [4.78, 5) is 24.0. The Balaban J connectivity index is 0.000000183. The Morgan fingerprint density at radius 1 is 0.328 bits per heavy atom. The minimum Gasteiger partial charge on any atom is -0.465 e. The van der Waals surface area contributed by atoms with E-state index in [1.807, 2.05) is 0 Å². The van der Waals surface area contributed by atoms with Crippen LogP contribution in [0.2, 0.25) is 72.5 Å². The number of fused-ring (bicyclic) bond motifs is 21. The Morgan fingerprint density at radius 2 is 0.604 bits per heavy atom. The molecule has 0 aliphatic heterocycles. The third kappa shape index (κ3) is 17.4. The third-order valence-corrected chi connectivity index (χ3v) is 68.3. The highest BCUT2D eigenvalue weighted by Gasteiger charge is 2.77. The number of aliphatic hydroxyl groups excluding tert-OH is 3. The van der Waals surface area contributed by atoms with Crippen LogP contribution in [0.1, 0.15) is 402 Å². The monoisotopic (exact) mass is 1930 g/mol. The molecule has 15 aliphatic rings. The normalized spacial score (nSPS) is 46.9. The van der Waals surface area contributed by atoms with Crippen molar-refractivity contribution in [1.29, 1.82) is 0 Å². The molecule has 15 fully saturated rings. The number of rotatable bonds is 19. The van der Waals surface area contributed by atoms with Crippen LogP contribution in [0.25, 0.3) is 0 Å². The van der Waals surface area contributed by atoms with Crippen molar-refractivity contribution in [3.63, 3.8) is 0 Å². The number of allylic oxidation sites excluding steroid dienone is 3. The van der Waals surface area contributed by atoms with Gasteiger partial charge in [0.15, 0.2) is 33.3 Å². The van der Waals surface area contributed by atoms with Gasteiger partial charge in [0.1, 0.15) is 0 Å². The maximum atomic E-state index is 12.1. The van der Waals surface area contributed by atoms with Crippen LogP contribution < -0.4 is 0 Å². The second-order valence-corrected chi connectivity index (χ2v) is 79.1. The van der Waals surface area contributed by atoms with Gasteiger partial charge >= 0.3 is 11.9 Å². The van der Waals surface area contributed by atoms with E-state index in [1.165, 1.54) is 172 Å². The van der Waals surface area contributed by atoms with Gasteiger partial charge in [-0.25, -0.2) is 0 Å². The molecule has 0 heterocycles. The molecular weight excluding hydrogens is 1720 g/mol. The summed E-state index contributed by atoms with van der Waals surface area (Å²) in [5, 5.41) is 33.1. The van der Waals surface area contributed by atoms with Crippen LogP contribution in [0, 0.1) is 170 Å². The predicted octanol–water partition coefficient (Wildman–Crippen LogP) is 31.8. The molecule has 772 valence electrons. The number of hydrogen-bond acceptors (Lipinski definition) is 11. The lowest BCUT2D eigenvalue weighted by molar-refractivity contribution is -0.255. The predicted molar refractivity (Wildman–Crippen MR) is 570 cm³/mol. The lowest BCUT2D eigenvalue weighted by Gasteiger charge is -2.73. The summed E-state index contributed by atoms with van der Waals surface area (Å²) in [6.45, 7) is 107. The second-order valence-electron chi connectivity index (χ2n) is 60.0. The zero-order valence-corrected chi connectivity index (χ0v) is 98.6. The summed E-state index contributed by atoms with van der Waals surface area (Å²) in [5.41, 5.74) is 6.36. The molecule has 15 saturated carbocycles. The van der Waals surface area contributed by atoms with Crippen molar-refractivity contribution < 1.29 is 53.5 Å². The van der Waals surface area contributed by atoms with Crippen molar-refractivity contribution in [2.45, 2.75) is 492 Å². The van der Waals surface area contributed by atoms with E-state index >= 15 is 0 Å². The topological polar surface area (TPSA) is 150 Å². The summed E-state index contributed by atoms with van der Waals surface area (Å²) in [6.07, 6.45) is 36.6. The van der Waals surface area contributed by atoms with E-state index in [-0.39, 0.29) is 116 Å². The maximum Gasteiger partial charge on any atom is 0.302 e. The molecule has 15 heteroatoms.